The van der Waals surface area contributed by atoms with Crippen molar-refractivity contribution in [3.63, 3.8) is 0 Å². The smallest absolute Gasteiger partial charge is 0.272 e. The van der Waals surface area contributed by atoms with Crippen LogP contribution in [-0.4, -0.2) is 53.2 Å². The monoisotopic (exact) mass is 464 g/mol. The summed E-state index contributed by atoms with van der Waals surface area (Å²) in [5.74, 6) is 0.211. The molecule has 1 saturated heterocycles. The van der Waals surface area contributed by atoms with E-state index >= 15 is 0 Å². The number of fused-ring (bicyclic) bond motifs is 1. The van der Waals surface area contributed by atoms with Gasteiger partial charge in [-0.2, -0.15) is 0 Å². The van der Waals surface area contributed by atoms with Crippen LogP contribution >= 0.6 is 11.6 Å². The van der Waals surface area contributed by atoms with E-state index in [9.17, 15) is 13.2 Å². The van der Waals surface area contributed by atoms with Crippen molar-refractivity contribution in [2.24, 2.45) is 0 Å². The number of piperazine rings is 1. The molecule has 3 heterocycles. The number of hydrogen-bond acceptors (Lipinski definition) is 7. The van der Waals surface area contributed by atoms with Crippen LogP contribution in [0.15, 0.2) is 30.7 Å². The highest BCUT2D eigenvalue weighted by atomic mass is 35.5. The number of halogens is 4. The molecule has 3 aromatic rings. The first-order valence-corrected chi connectivity index (χ1v) is 10.6. The number of anilines is 3. The fraction of sp³-hybridized carbons (Fsp3) is 0.381. The van der Waals surface area contributed by atoms with Crippen molar-refractivity contribution in [3.05, 3.63) is 41.6 Å². The van der Waals surface area contributed by atoms with Crippen molar-refractivity contribution >= 4 is 39.8 Å². The average Bonchev–Trinajstić information content (AvgIpc) is 3.54. The lowest BCUT2D eigenvalue weighted by atomic mass is 10.1. The van der Waals surface area contributed by atoms with Gasteiger partial charge in [0.15, 0.2) is 5.82 Å². The molecule has 168 valence electrons. The Bertz CT molecular complexity index is 1160. The van der Waals surface area contributed by atoms with Gasteiger partial charge < -0.3 is 20.3 Å². The molecule has 11 heteroatoms. The molecule has 5 rings (SSSR count). The first kappa shape index (κ1) is 21.0. The summed E-state index contributed by atoms with van der Waals surface area (Å²) in [6.07, 6.45) is 2.65. The Morgan fingerprint density at radius 2 is 2.09 bits per heavy atom. The third-order valence-electron chi connectivity index (χ3n) is 5.72. The van der Waals surface area contributed by atoms with Crippen molar-refractivity contribution < 1.29 is 17.9 Å². The normalized spacial score (nSPS) is 17.2. The van der Waals surface area contributed by atoms with E-state index in [0.717, 1.165) is 38.3 Å². The minimum absolute atomic E-state index is 0.0388. The SMILES string of the molecule is Fc1c(Nc2ncnc3cnc(N4CCNC5(CC5)C4)cc23)ccc(OCC(F)F)c1Cl. The van der Waals surface area contributed by atoms with E-state index in [2.05, 4.69) is 30.5 Å². The van der Waals surface area contributed by atoms with E-state index in [1.807, 2.05) is 6.07 Å². The first-order chi connectivity index (χ1) is 15.4. The molecule has 32 heavy (non-hydrogen) atoms. The summed E-state index contributed by atoms with van der Waals surface area (Å²) in [6, 6.07) is 4.59. The lowest BCUT2D eigenvalue weighted by molar-refractivity contribution is 0.0818. The summed E-state index contributed by atoms with van der Waals surface area (Å²) in [6.45, 7) is 1.73. The van der Waals surface area contributed by atoms with Gasteiger partial charge in [-0.05, 0) is 31.0 Å². The van der Waals surface area contributed by atoms with Gasteiger partial charge in [0.05, 0.1) is 17.4 Å². The Kier molecular flexibility index (Phi) is 5.42. The van der Waals surface area contributed by atoms with Crippen molar-refractivity contribution in [2.45, 2.75) is 24.8 Å². The van der Waals surface area contributed by atoms with Crippen LogP contribution < -0.4 is 20.3 Å². The van der Waals surface area contributed by atoms with Crippen molar-refractivity contribution in [3.8, 4) is 5.75 Å². The molecule has 2 fully saturated rings. The molecular formula is C21H20ClF3N6O. The van der Waals surface area contributed by atoms with Gasteiger partial charge in [-0.25, -0.2) is 28.1 Å². The van der Waals surface area contributed by atoms with E-state index < -0.39 is 18.8 Å². The molecule has 1 aromatic carbocycles. The highest BCUT2D eigenvalue weighted by Gasteiger charge is 2.45. The van der Waals surface area contributed by atoms with Gasteiger partial charge in [0.25, 0.3) is 6.43 Å². The standard InChI is InChI=1S/C21H20ClF3N6O/c22-18-15(32-9-16(23)24)2-1-13(19(18)25)30-20-12-7-17(26-8-14(12)27-11-28-20)31-6-5-29-21(10-31)3-4-21/h1-2,7-8,11,16,29H,3-6,9-10H2,(H,27,28,30). The van der Waals surface area contributed by atoms with E-state index in [0.29, 0.717) is 16.7 Å². The van der Waals surface area contributed by atoms with Crippen LogP contribution in [0.25, 0.3) is 10.9 Å². The van der Waals surface area contributed by atoms with Crippen LogP contribution in [0, 0.1) is 5.82 Å². The minimum atomic E-state index is -2.69. The molecule has 2 aliphatic rings. The number of nitrogens with zero attached hydrogens (tertiary/aromatic N) is 4. The summed E-state index contributed by atoms with van der Waals surface area (Å²) in [7, 11) is 0. The van der Waals surface area contributed by atoms with E-state index in [1.54, 1.807) is 6.20 Å². The van der Waals surface area contributed by atoms with E-state index in [4.69, 9.17) is 16.3 Å². The molecule has 1 aliphatic heterocycles. The molecule has 0 amide bonds. The summed E-state index contributed by atoms with van der Waals surface area (Å²) in [5.41, 5.74) is 0.833. The Balaban J connectivity index is 1.43. The lowest BCUT2D eigenvalue weighted by Crippen LogP contribution is -2.52. The Hall–Kier alpha value is -2.85. The van der Waals surface area contributed by atoms with Crippen molar-refractivity contribution in [1.29, 1.82) is 0 Å². The maximum atomic E-state index is 14.8. The minimum Gasteiger partial charge on any atom is -0.486 e. The van der Waals surface area contributed by atoms with Gasteiger partial charge in [0, 0.05) is 30.6 Å². The van der Waals surface area contributed by atoms with Crippen molar-refractivity contribution in [2.75, 3.05) is 36.5 Å². The second-order valence-electron chi connectivity index (χ2n) is 7.98. The second-order valence-corrected chi connectivity index (χ2v) is 8.35. The molecule has 1 saturated carbocycles. The molecule has 0 atom stereocenters. The molecule has 2 N–H and O–H groups in total. The number of pyridine rings is 1. The highest BCUT2D eigenvalue weighted by Crippen LogP contribution is 2.39. The topological polar surface area (TPSA) is 75.2 Å². The van der Waals surface area contributed by atoms with Crippen LogP contribution in [0.3, 0.4) is 0 Å². The maximum absolute atomic E-state index is 14.8. The predicted molar refractivity (Wildman–Crippen MR) is 116 cm³/mol. The van der Waals surface area contributed by atoms with E-state index in [1.165, 1.54) is 18.5 Å². The van der Waals surface area contributed by atoms with Gasteiger partial charge in [0.1, 0.15) is 35.3 Å². The third-order valence-corrected chi connectivity index (χ3v) is 6.08. The molecule has 7 nitrogen and oxygen atoms in total. The number of benzene rings is 1. The molecule has 0 radical (unpaired) electrons. The quantitative estimate of drug-likeness (QED) is 0.567. The van der Waals surface area contributed by atoms with E-state index in [-0.39, 0.29) is 22.0 Å². The van der Waals surface area contributed by atoms with Crippen LogP contribution in [-0.2, 0) is 0 Å². The molecule has 1 spiro atoms. The molecular weight excluding hydrogens is 445 g/mol. The molecule has 2 aromatic heterocycles. The summed E-state index contributed by atoms with van der Waals surface area (Å²) < 4.78 is 44.4. The second kappa shape index (κ2) is 8.25. The molecule has 1 aliphatic carbocycles. The zero-order valence-electron chi connectivity index (χ0n) is 16.9. The maximum Gasteiger partial charge on any atom is 0.272 e. The zero-order chi connectivity index (χ0) is 22.3. The van der Waals surface area contributed by atoms with Crippen LogP contribution in [0.2, 0.25) is 5.02 Å². The Morgan fingerprint density at radius 1 is 1.25 bits per heavy atom. The number of hydrogen-bond donors (Lipinski definition) is 2. The fourth-order valence-electron chi connectivity index (χ4n) is 3.88. The van der Waals surface area contributed by atoms with Gasteiger partial charge in [-0.3, -0.25) is 0 Å². The number of ether oxygens (including phenoxy) is 1. The number of aromatic nitrogens is 3. The van der Waals surface area contributed by atoms with Gasteiger partial charge in [0.2, 0.25) is 0 Å². The largest absolute Gasteiger partial charge is 0.486 e. The number of alkyl halides is 2. The number of rotatable bonds is 6. The summed E-state index contributed by atoms with van der Waals surface area (Å²) in [5, 5.41) is 6.80. The lowest BCUT2D eigenvalue weighted by Gasteiger charge is -2.34. The molecule has 0 unspecified atom stereocenters. The van der Waals surface area contributed by atoms with Gasteiger partial charge >= 0.3 is 0 Å². The summed E-state index contributed by atoms with van der Waals surface area (Å²) >= 11 is 5.99. The number of nitrogens with one attached hydrogen (secondary N) is 2. The predicted octanol–water partition coefficient (Wildman–Crippen LogP) is 4.15. The average molecular weight is 465 g/mol. The third kappa shape index (κ3) is 4.12. The highest BCUT2D eigenvalue weighted by molar-refractivity contribution is 6.32. The van der Waals surface area contributed by atoms with Gasteiger partial charge in [-0.1, -0.05) is 11.6 Å². The van der Waals surface area contributed by atoms with Crippen LogP contribution in [0.4, 0.5) is 30.5 Å². The summed E-state index contributed by atoms with van der Waals surface area (Å²) in [4.78, 5) is 15.3. The Morgan fingerprint density at radius 3 is 2.88 bits per heavy atom. The Labute approximate surface area is 187 Å². The van der Waals surface area contributed by atoms with Crippen LogP contribution in [0.1, 0.15) is 12.8 Å². The first-order valence-electron chi connectivity index (χ1n) is 10.2. The van der Waals surface area contributed by atoms with Crippen molar-refractivity contribution in [1.82, 2.24) is 20.3 Å². The molecule has 0 bridgehead atoms. The van der Waals surface area contributed by atoms with Crippen LogP contribution in [0.5, 0.6) is 5.75 Å². The fourth-order valence-corrected chi connectivity index (χ4v) is 4.10. The zero-order valence-corrected chi connectivity index (χ0v) is 17.7. The van der Waals surface area contributed by atoms with Gasteiger partial charge in [-0.15, -0.1) is 0 Å².